The molecule has 0 heterocycles. The van der Waals surface area contributed by atoms with Crippen LogP contribution < -0.4 is 16.0 Å². The maximum absolute atomic E-state index is 11.1. The smallest absolute Gasteiger partial charge is 0.234 e. The molecule has 0 saturated carbocycles. The van der Waals surface area contributed by atoms with Crippen LogP contribution in [-0.4, -0.2) is 38.0 Å². The van der Waals surface area contributed by atoms with E-state index in [-0.39, 0.29) is 17.7 Å². The second kappa shape index (κ2) is 8.23. The molecule has 0 aromatic heterocycles. The topological polar surface area (TPSA) is 70.2 Å². The quantitative estimate of drug-likeness (QED) is 0.501. The molecule has 2 amide bonds. The van der Waals surface area contributed by atoms with Gasteiger partial charge in [-0.3, -0.25) is 9.59 Å². The zero-order valence-electron chi connectivity index (χ0n) is 9.72. The Hall–Kier alpha value is -1.10. The highest BCUT2D eigenvalue weighted by atomic mass is 16.2. The Kier molecular flexibility index (Phi) is 7.62. The molecular formula is C10H21N3O2. The Balaban J connectivity index is 3.38. The summed E-state index contributed by atoms with van der Waals surface area (Å²) in [5.74, 6) is -0.0472. The molecule has 15 heavy (non-hydrogen) atoms. The summed E-state index contributed by atoms with van der Waals surface area (Å²) >= 11 is 0. The molecule has 0 aromatic carbocycles. The molecule has 0 saturated heterocycles. The molecule has 0 radical (unpaired) electrons. The van der Waals surface area contributed by atoms with Gasteiger partial charge in [0.05, 0.1) is 6.54 Å². The van der Waals surface area contributed by atoms with Crippen molar-refractivity contribution in [1.29, 1.82) is 0 Å². The van der Waals surface area contributed by atoms with Crippen molar-refractivity contribution in [2.45, 2.75) is 20.8 Å². The highest BCUT2D eigenvalue weighted by Crippen LogP contribution is 1.88. The highest BCUT2D eigenvalue weighted by Gasteiger charge is 2.05. The molecule has 88 valence electrons. The van der Waals surface area contributed by atoms with Crippen molar-refractivity contribution in [1.82, 2.24) is 16.0 Å². The molecule has 3 N–H and O–H groups in total. The van der Waals surface area contributed by atoms with E-state index in [4.69, 9.17) is 0 Å². The number of carbonyl (C=O) groups excluding carboxylic acids is 2. The van der Waals surface area contributed by atoms with Crippen LogP contribution >= 0.6 is 0 Å². The molecule has 0 rings (SSSR count). The summed E-state index contributed by atoms with van der Waals surface area (Å²) < 4.78 is 0. The van der Waals surface area contributed by atoms with Crippen LogP contribution in [0.5, 0.6) is 0 Å². The van der Waals surface area contributed by atoms with Crippen molar-refractivity contribution in [2.24, 2.45) is 5.92 Å². The largest absolute Gasteiger partial charge is 0.354 e. The molecule has 0 unspecified atom stereocenters. The van der Waals surface area contributed by atoms with Crippen molar-refractivity contribution in [3.05, 3.63) is 0 Å². The van der Waals surface area contributed by atoms with Crippen molar-refractivity contribution in [3.63, 3.8) is 0 Å². The van der Waals surface area contributed by atoms with Crippen molar-refractivity contribution in [2.75, 3.05) is 26.2 Å². The van der Waals surface area contributed by atoms with E-state index in [1.54, 1.807) is 0 Å². The first-order valence-electron chi connectivity index (χ1n) is 5.33. The lowest BCUT2D eigenvalue weighted by Gasteiger charge is -2.08. The van der Waals surface area contributed by atoms with Crippen molar-refractivity contribution in [3.8, 4) is 0 Å². The number of nitrogens with one attached hydrogen (secondary N) is 3. The minimum absolute atomic E-state index is 0.0101. The Labute approximate surface area is 91.0 Å². The van der Waals surface area contributed by atoms with Gasteiger partial charge in [-0.25, -0.2) is 0 Å². The van der Waals surface area contributed by atoms with Crippen LogP contribution in [0.2, 0.25) is 0 Å². The third kappa shape index (κ3) is 7.93. The van der Waals surface area contributed by atoms with Crippen LogP contribution in [0.4, 0.5) is 0 Å². The maximum atomic E-state index is 11.1. The van der Waals surface area contributed by atoms with Crippen LogP contribution in [0.25, 0.3) is 0 Å². The molecule has 0 aromatic rings. The van der Waals surface area contributed by atoms with Crippen molar-refractivity contribution >= 4 is 11.8 Å². The average Bonchev–Trinajstić information content (AvgIpc) is 2.20. The first kappa shape index (κ1) is 13.9. The molecule has 0 atom stereocenters. The Morgan fingerprint density at radius 2 is 1.73 bits per heavy atom. The summed E-state index contributed by atoms with van der Waals surface area (Å²) in [5, 5.41) is 8.33. The number of likely N-dealkylation sites (N-methyl/N-ethyl adjacent to an activating group) is 1. The lowest BCUT2D eigenvalue weighted by Crippen LogP contribution is -2.39. The highest BCUT2D eigenvalue weighted by molar-refractivity contribution is 5.79. The fourth-order valence-electron chi connectivity index (χ4n) is 0.893. The molecule has 0 aliphatic heterocycles. The summed E-state index contributed by atoms with van der Waals surface area (Å²) in [6.45, 7) is 7.66. The van der Waals surface area contributed by atoms with E-state index in [1.807, 2.05) is 20.8 Å². The van der Waals surface area contributed by atoms with E-state index < -0.39 is 0 Å². The second-order valence-corrected chi connectivity index (χ2v) is 3.58. The molecule has 5 heteroatoms. The summed E-state index contributed by atoms with van der Waals surface area (Å²) in [4.78, 5) is 22.2. The van der Waals surface area contributed by atoms with Crippen molar-refractivity contribution < 1.29 is 9.59 Å². The third-order valence-electron chi connectivity index (χ3n) is 1.81. The molecule has 0 aliphatic carbocycles. The molecule has 0 bridgehead atoms. The van der Waals surface area contributed by atoms with Crippen LogP contribution in [0.15, 0.2) is 0 Å². The molecule has 0 aliphatic rings. The minimum Gasteiger partial charge on any atom is -0.354 e. The summed E-state index contributed by atoms with van der Waals surface area (Å²) in [6, 6.07) is 0. The van der Waals surface area contributed by atoms with Crippen LogP contribution in [0, 0.1) is 5.92 Å². The van der Waals surface area contributed by atoms with E-state index in [2.05, 4.69) is 16.0 Å². The summed E-state index contributed by atoms with van der Waals surface area (Å²) in [7, 11) is 0. The molecule has 5 nitrogen and oxygen atoms in total. The maximum Gasteiger partial charge on any atom is 0.234 e. The summed E-state index contributed by atoms with van der Waals surface area (Å²) in [5.41, 5.74) is 0. The molecule has 0 fully saturated rings. The van der Waals surface area contributed by atoms with Gasteiger partial charge in [-0.2, -0.15) is 0 Å². The van der Waals surface area contributed by atoms with Gasteiger partial charge in [0.15, 0.2) is 0 Å². The first-order chi connectivity index (χ1) is 7.07. The Morgan fingerprint density at radius 3 is 2.27 bits per heavy atom. The van der Waals surface area contributed by atoms with Gasteiger partial charge in [-0.1, -0.05) is 20.8 Å². The second-order valence-electron chi connectivity index (χ2n) is 3.58. The van der Waals surface area contributed by atoms with E-state index in [0.29, 0.717) is 19.6 Å². The number of carbonyl (C=O) groups is 2. The van der Waals surface area contributed by atoms with Gasteiger partial charge < -0.3 is 16.0 Å². The van der Waals surface area contributed by atoms with E-state index in [1.165, 1.54) is 0 Å². The van der Waals surface area contributed by atoms with Gasteiger partial charge in [-0.05, 0) is 6.54 Å². The molecular weight excluding hydrogens is 194 g/mol. The number of hydrogen-bond acceptors (Lipinski definition) is 3. The first-order valence-corrected chi connectivity index (χ1v) is 5.33. The van der Waals surface area contributed by atoms with Crippen LogP contribution in [0.3, 0.4) is 0 Å². The third-order valence-corrected chi connectivity index (χ3v) is 1.81. The van der Waals surface area contributed by atoms with Gasteiger partial charge in [0.2, 0.25) is 11.8 Å². The van der Waals surface area contributed by atoms with Gasteiger partial charge in [-0.15, -0.1) is 0 Å². The Morgan fingerprint density at radius 1 is 1.13 bits per heavy atom. The zero-order valence-corrected chi connectivity index (χ0v) is 9.72. The standard InChI is InChI=1S/C10H21N3O2/c1-4-11-7-9(14)12-5-6-13-10(15)8(2)3/h8,11H,4-7H2,1-3H3,(H,12,14)(H,13,15). The lowest BCUT2D eigenvalue weighted by atomic mass is 10.2. The molecule has 0 spiro atoms. The number of rotatable bonds is 7. The number of amides is 2. The fraction of sp³-hybridized carbons (Fsp3) is 0.800. The lowest BCUT2D eigenvalue weighted by molar-refractivity contribution is -0.124. The summed E-state index contributed by atoms with van der Waals surface area (Å²) in [6.07, 6.45) is 0. The monoisotopic (exact) mass is 215 g/mol. The van der Waals surface area contributed by atoms with E-state index in [0.717, 1.165) is 6.54 Å². The fourth-order valence-corrected chi connectivity index (χ4v) is 0.893. The normalized spacial score (nSPS) is 10.1. The number of hydrogen-bond donors (Lipinski definition) is 3. The Bertz CT molecular complexity index is 205. The van der Waals surface area contributed by atoms with Gasteiger partial charge in [0.25, 0.3) is 0 Å². The minimum atomic E-state index is -0.0457. The van der Waals surface area contributed by atoms with E-state index >= 15 is 0 Å². The predicted octanol–water partition coefficient (Wildman–Crippen LogP) is -0.516. The van der Waals surface area contributed by atoms with Crippen LogP contribution in [0.1, 0.15) is 20.8 Å². The van der Waals surface area contributed by atoms with Gasteiger partial charge >= 0.3 is 0 Å². The van der Waals surface area contributed by atoms with E-state index in [9.17, 15) is 9.59 Å². The SMILES string of the molecule is CCNCC(=O)NCCNC(=O)C(C)C. The van der Waals surface area contributed by atoms with Crippen LogP contribution in [-0.2, 0) is 9.59 Å². The average molecular weight is 215 g/mol. The zero-order chi connectivity index (χ0) is 11.7. The van der Waals surface area contributed by atoms with Gasteiger partial charge in [0, 0.05) is 19.0 Å². The van der Waals surface area contributed by atoms with Gasteiger partial charge in [0.1, 0.15) is 0 Å². The predicted molar refractivity (Wildman–Crippen MR) is 59.4 cm³/mol.